The molecule has 0 heterocycles. The molecule has 3 aromatic rings. The molecule has 1 amide bonds. The fourth-order valence-corrected chi connectivity index (χ4v) is 3.07. The van der Waals surface area contributed by atoms with Crippen molar-refractivity contribution in [1.82, 2.24) is 0 Å². The highest BCUT2D eigenvalue weighted by molar-refractivity contribution is 5.96. The number of anilines is 1. The number of ether oxygens (including phenoxy) is 3. The van der Waals surface area contributed by atoms with Crippen LogP contribution in [-0.2, 0) is 4.79 Å². The Labute approximate surface area is 181 Å². The number of nitrogens with one attached hydrogen (secondary N) is 1. The van der Waals surface area contributed by atoms with E-state index in [1.165, 1.54) is 0 Å². The Morgan fingerprint density at radius 1 is 0.839 bits per heavy atom. The molecule has 6 heteroatoms. The highest BCUT2D eigenvalue weighted by atomic mass is 16.5. The van der Waals surface area contributed by atoms with Gasteiger partial charge in [-0.1, -0.05) is 19.1 Å². The fraction of sp³-hybridized carbons (Fsp3) is 0.200. The predicted molar refractivity (Wildman–Crippen MR) is 120 cm³/mol. The molecule has 0 unspecified atom stereocenters. The van der Waals surface area contributed by atoms with Gasteiger partial charge in [-0.3, -0.25) is 9.59 Å². The van der Waals surface area contributed by atoms with E-state index >= 15 is 0 Å². The standard InChI is InChI=1S/C25H25NO5/c1-4-23(27)18-7-12-21(13-8-18)31-16-25(28)26-19-9-14-24(30-3)22(15-19)17-5-10-20(29-2)11-6-17/h5-15H,4,16H2,1-3H3,(H,26,28). The highest BCUT2D eigenvalue weighted by Gasteiger charge is 2.10. The quantitative estimate of drug-likeness (QED) is 0.495. The number of ketones is 1. The van der Waals surface area contributed by atoms with Crippen molar-refractivity contribution in [2.24, 2.45) is 0 Å². The zero-order valence-electron chi connectivity index (χ0n) is 17.8. The van der Waals surface area contributed by atoms with Crippen LogP contribution in [0.2, 0.25) is 0 Å². The second-order valence-electron chi connectivity index (χ2n) is 6.78. The van der Waals surface area contributed by atoms with Crippen molar-refractivity contribution >= 4 is 17.4 Å². The maximum absolute atomic E-state index is 12.4. The van der Waals surface area contributed by atoms with Gasteiger partial charge in [0.05, 0.1) is 14.2 Å². The second kappa shape index (κ2) is 10.3. The monoisotopic (exact) mass is 419 g/mol. The predicted octanol–water partition coefficient (Wildman–Crippen LogP) is 4.98. The molecule has 0 radical (unpaired) electrons. The molecule has 3 rings (SSSR count). The summed E-state index contributed by atoms with van der Waals surface area (Å²) in [4.78, 5) is 24.0. The zero-order chi connectivity index (χ0) is 22.2. The van der Waals surface area contributed by atoms with Crippen molar-refractivity contribution < 1.29 is 23.8 Å². The van der Waals surface area contributed by atoms with Crippen LogP contribution in [0.3, 0.4) is 0 Å². The van der Waals surface area contributed by atoms with Crippen LogP contribution in [0, 0.1) is 0 Å². The van der Waals surface area contributed by atoms with Crippen molar-refractivity contribution in [2.45, 2.75) is 13.3 Å². The third kappa shape index (κ3) is 5.63. The molecular weight excluding hydrogens is 394 g/mol. The normalized spacial score (nSPS) is 10.3. The van der Waals surface area contributed by atoms with E-state index in [0.29, 0.717) is 29.2 Å². The highest BCUT2D eigenvalue weighted by Crippen LogP contribution is 2.33. The van der Waals surface area contributed by atoms with Crippen molar-refractivity contribution in [2.75, 3.05) is 26.1 Å². The number of carbonyl (C=O) groups excluding carboxylic acids is 2. The average Bonchev–Trinajstić information content (AvgIpc) is 2.82. The first-order valence-corrected chi connectivity index (χ1v) is 9.92. The summed E-state index contributed by atoms with van der Waals surface area (Å²) in [6.45, 7) is 1.67. The lowest BCUT2D eigenvalue weighted by Gasteiger charge is -2.13. The molecule has 0 atom stereocenters. The van der Waals surface area contributed by atoms with Gasteiger partial charge < -0.3 is 19.5 Å². The second-order valence-corrected chi connectivity index (χ2v) is 6.78. The summed E-state index contributed by atoms with van der Waals surface area (Å²) in [5.74, 6) is 1.75. The Kier molecular flexibility index (Phi) is 7.27. The van der Waals surface area contributed by atoms with Gasteiger partial charge in [0.2, 0.25) is 0 Å². The number of Topliss-reactive ketones (excluding diaryl/α,β-unsaturated/α-hetero) is 1. The maximum atomic E-state index is 12.4. The topological polar surface area (TPSA) is 73.9 Å². The Hall–Kier alpha value is -3.80. The van der Waals surface area contributed by atoms with Crippen LogP contribution in [0.15, 0.2) is 66.7 Å². The molecule has 0 spiro atoms. The van der Waals surface area contributed by atoms with E-state index in [2.05, 4.69) is 5.32 Å². The molecule has 0 saturated heterocycles. The third-order valence-electron chi connectivity index (χ3n) is 4.75. The minimum Gasteiger partial charge on any atom is -0.497 e. The van der Waals surface area contributed by atoms with Crippen molar-refractivity contribution in [3.8, 4) is 28.4 Å². The Balaban J connectivity index is 1.66. The average molecular weight is 419 g/mol. The molecule has 160 valence electrons. The van der Waals surface area contributed by atoms with Gasteiger partial charge in [0.25, 0.3) is 5.91 Å². The number of hydrogen-bond donors (Lipinski definition) is 1. The van der Waals surface area contributed by atoms with Gasteiger partial charge >= 0.3 is 0 Å². The Morgan fingerprint density at radius 3 is 2.13 bits per heavy atom. The Bertz CT molecular complexity index is 1040. The third-order valence-corrected chi connectivity index (χ3v) is 4.75. The molecule has 1 N–H and O–H groups in total. The maximum Gasteiger partial charge on any atom is 0.262 e. The van der Waals surface area contributed by atoms with E-state index in [9.17, 15) is 9.59 Å². The molecule has 6 nitrogen and oxygen atoms in total. The molecule has 31 heavy (non-hydrogen) atoms. The van der Waals surface area contributed by atoms with Gasteiger partial charge in [-0.2, -0.15) is 0 Å². The van der Waals surface area contributed by atoms with Gasteiger partial charge in [-0.25, -0.2) is 0 Å². The van der Waals surface area contributed by atoms with Crippen LogP contribution in [-0.4, -0.2) is 32.5 Å². The number of hydrogen-bond acceptors (Lipinski definition) is 5. The summed E-state index contributed by atoms with van der Waals surface area (Å²) < 4.78 is 16.2. The lowest BCUT2D eigenvalue weighted by Crippen LogP contribution is -2.20. The lowest BCUT2D eigenvalue weighted by atomic mass is 10.0. The van der Waals surface area contributed by atoms with Crippen molar-refractivity contribution in [1.29, 1.82) is 0 Å². The summed E-state index contributed by atoms with van der Waals surface area (Å²) in [6, 6.07) is 19.8. The Morgan fingerprint density at radius 2 is 1.52 bits per heavy atom. The number of benzene rings is 3. The largest absolute Gasteiger partial charge is 0.497 e. The SMILES string of the molecule is CCC(=O)c1ccc(OCC(=O)Nc2ccc(OC)c(-c3ccc(OC)cc3)c2)cc1. The van der Waals surface area contributed by atoms with E-state index in [4.69, 9.17) is 14.2 Å². The number of amides is 1. The van der Waals surface area contributed by atoms with Gasteiger partial charge in [-0.05, 0) is 60.2 Å². The molecule has 0 saturated carbocycles. The van der Waals surface area contributed by atoms with Crippen molar-refractivity contribution in [3.63, 3.8) is 0 Å². The van der Waals surface area contributed by atoms with E-state index in [-0.39, 0.29) is 18.3 Å². The molecule has 0 aliphatic heterocycles. The van der Waals surface area contributed by atoms with Crippen LogP contribution < -0.4 is 19.5 Å². The number of methoxy groups -OCH3 is 2. The molecule has 0 fully saturated rings. The summed E-state index contributed by atoms with van der Waals surface area (Å²) in [5.41, 5.74) is 3.04. The smallest absolute Gasteiger partial charge is 0.262 e. The van der Waals surface area contributed by atoms with Gasteiger partial charge in [0.15, 0.2) is 12.4 Å². The fourth-order valence-electron chi connectivity index (χ4n) is 3.07. The van der Waals surface area contributed by atoms with E-state index in [0.717, 1.165) is 16.9 Å². The summed E-state index contributed by atoms with van der Waals surface area (Å²) in [7, 11) is 3.22. The van der Waals surface area contributed by atoms with Crippen LogP contribution in [0.5, 0.6) is 17.2 Å². The van der Waals surface area contributed by atoms with Gasteiger partial charge in [0.1, 0.15) is 17.2 Å². The van der Waals surface area contributed by atoms with Gasteiger partial charge in [-0.15, -0.1) is 0 Å². The molecule has 0 bridgehead atoms. The van der Waals surface area contributed by atoms with Crippen molar-refractivity contribution in [3.05, 3.63) is 72.3 Å². The number of rotatable bonds is 9. The first-order chi connectivity index (χ1) is 15.0. The molecule has 3 aromatic carbocycles. The van der Waals surface area contributed by atoms with Crippen LogP contribution in [0.1, 0.15) is 23.7 Å². The summed E-state index contributed by atoms with van der Waals surface area (Å²) >= 11 is 0. The zero-order valence-corrected chi connectivity index (χ0v) is 17.8. The number of carbonyl (C=O) groups is 2. The van der Waals surface area contributed by atoms with Crippen LogP contribution in [0.25, 0.3) is 11.1 Å². The molecule has 0 aliphatic carbocycles. The first kappa shape index (κ1) is 21.9. The van der Waals surface area contributed by atoms with Crippen LogP contribution >= 0.6 is 0 Å². The van der Waals surface area contributed by atoms with E-state index in [1.807, 2.05) is 37.3 Å². The minimum atomic E-state index is -0.292. The molecule has 0 aromatic heterocycles. The lowest BCUT2D eigenvalue weighted by molar-refractivity contribution is -0.118. The van der Waals surface area contributed by atoms with E-state index < -0.39 is 0 Å². The minimum absolute atomic E-state index is 0.0662. The molecular formula is C25H25NO5. The van der Waals surface area contributed by atoms with Gasteiger partial charge in [0, 0.05) is 23.2 Å². The summed E-state index contributed by atoms with van der Waals surface area (Å²) in [5, 5.41) is 2.84. The molecule has 0 aliphatic rings. The summed E-state index contributed by atoms with van der Waals surface area (Å²) in [6.07, 6.45) is 0.447. The van der Waals surface area contributed by atoms with E-state index in [1.54, 1.807) is 50.6 Å². The first-order valence-electron chi connectivity index (χ1n) is 9.92. The van der Waals surface area contributed by atoms with Crippen LogP contribution in [0.4, 0.5) is 5.69 Å².